The minimum absolute atomic E-state index is 0.00473. The maximum atomic E-state index is 10.8. The van der Waals surface area contributed by atoms with Crippen molar-refractivity contribution in [1.82, 2.24) is 0 Å². The van der Waals surface area contributed by atoms with Crippen molar-refractivity contribution >= 4 is 33.5 Å². The first-order chi connectivity index (χ1) is 7.06. The molecule has 15 heavy (non-hydrogen) atoms. The molecular weight excluding hydrogens is 283 g/mol. The lowest BCUT2D eigenvalue weighted by atomic mass is 10.2. The van der Waals surface area contributed by atoms with Crippen LogP contribution in [0.1, 0.15) is 10.4 Å². The van der Waals surface area contributed by atoms with Gasteiger partial charge in [-0.25, -0.2) is 4.79 Å². The van der Waals surface area contributed by atoms with E-state index in [1.807, 2.05) is 0 Å². The number of carbonyl (C=O) groups is 1. The van der Waals surface area contributed by atoms with Gasteiger partial charge in [0, 0.05) is 4.47 Å². The van der Waals surface area contributed by atoms with Crippen molar-refractivity contribution in [2.45, 2.75) is 0 Å². The summed E-state index contributed by atoms with van der Waals surface area (Å²) in [7, 11) is 0. The van der Waals surface area contributed by atoms with Crippen LogP contribution in [0.3, 0.4) is 0 Å². The van der Waals surface area contributed by atoms with Gasteiger partial charge in [-0.3, -0.25) is 0 Å². The van der Waals surface area contributed by atoms with Crippen molar-refractivity contribution in [3.05, 3.63) is 39.8 Å². The zero-order valence-corrected chi connectivity index (χ0v) is 10.0. The second-order valence-electron chi connectivity index (χ2n) is 2.67. The van der Waals surface area contributed by atoms with E-state index in [2.05, 4.69) is 22.5 Å². The fraction of sp³-hybridized carbons (Fsp3) is 0.100. The van der Waals surface area contributed by atoms with E-state index in [1.165, 1.54) is 6.07 Å². The maximum absolute atomic E-state index is 10.8. The lowest BCUT2D eigenvalue weighted by Gasteiger charge is -2.08. The summed E-state index contributed by atoms with van der Waals surface area (Å²) in [6.07, 6.45) is 1.55. The molecule has 1 aromatic carbocycles. The van der Waals surface area contributed by atoms with Gasteiger partial charge in [-0.05, 0) is 12.1 Å². The monoisotopic (exact) mass is 290 g/mol. The third kappa shape index (κ3) is 2.97. The number of ether oxygens (including phenoxy) is 1. The summed E-state index contributed by atoms with van der Waals surface area (Å²) < 4.78 is 5.81. The zero-order chi connectivity index (χ0) is 11.4. The van der Waals surface area contributed by atoms with E-state index in [1.54, 1.807) is 12.1 Å². The zero-order valence-electron chi connectivity index (χ0n) is 7.67. The molecule has 0 atom stereocenters. The van der Waals surface area contributed by atoms with Gasteiger partial charge in [0.15, 0.2) is 0 Å². The molecule has 0 bridgehead atoms. The number of hydrogen-bond donors (Lipinski definition) is 1. The summed E-state index contributed by atoms with van der Waals surface area (Å²) in [6.45, 7) is 3.76. The smallest absolute Gasteiger partial charge is 0.337 e. The molecule has 1 N–H and O–H groups in total. The van der Waals surface area contributed by atoms with E-state index in [0.29, 0.717) is 10.2 Å². The third-order valence-corrected chi connectivity index (χ3v) is 2.44. The average Bonchev–Trinajstić information content (AvgIpc) is 2.18. The molecule has 0 radical (unpaired) electrons. The van der Waals surface area contributed by atoms with Gasteiger partial charge in [-0.15, -0.1) is 0 Å². The largest absolute Gasteiger partial charge is 0.488 e. The van der Waals surface area contributed by atoms with E-state index in [-0.39, 0.29) is 17.2 Å². The molecule has 0 aliphatic carbocycles. The summed E-state index contributed by atoms with van der Waals surface area (Å²) >= 11 is 9.03. The van der Waals surface area contributed by atoms with Crippen molar-refractivity contribution in [1.29, 1.82) is 0 Å². The predicted octanol–water partition coefficient (Wildman–Crippen LogP) is 3.37. The van der Waals surface area contributed by atoms with E-state index in [0.717, 1.165) is 0 Å². The molecule has 0 amide bonds. The summed E-state index contributed by atoms with van der Waals surface area (Å²) in [5.74, 6) is -0.770. The van der Waals surface area contributed by atoms with E-state index in [4.69, 9.17) is 21.4 Å². The van der Waals surface area contributed by atoms with Gasteiger partial charge in [-0.1, -0.05) is 40.2 Å². The van der Waals surface area contributed by atoms with Crippen LogP contribution >= 0.6 is 27.5 Å². The molecule has 0 aromatic heterocycles. The van der Waals surface area contributed by atoms with Crippen LogP contribution in [-0.2, 0) is 0 Å². The van der Waals surface area contributed by atoms with Crippen LogP contribution in [0.5, 0.6) is 5.75 Å². The van der Waals surface area contributed by atoms with Gasteiger partial charge in [0.1, 0.15) is 12.4 Å². The Morgan fingerprint density at radius 1 is 1.67 bits per heavy atom. The molecule has 0 unspecified atom stereocenters. The van der Waals surface area contributed by atoms with Gasteiger partial charge in [0.05, 0.1) is 10.6 Å². The van der Waals surface area contributed by atoms with Crippen LogP contribution in [0.4, 0.5) is 0 Å². The number of aromatic carboxylic acids is 1. The quantitative estimate of drug-likeness (QED) is 0.865. The molecule has 1 aromatic rings. The molecule has 5 heteroatoms. The fourth-order valence-electron chi connectivity index (χ4n) is 0.974. The maximum Gasteiger partial charge on any atom is 0.337 e. The lowest BCUT2D eigenvalue weighted by molar-refractivity contribution is 0.0696. The summed E-state index contributed by atoms with van der Waals surface area (Å²) in [6, 6.07) is 3.03. The first-order valence-electron chi connectivity index (χ1n) is 4.02. The molecule has 0 aliphatic heterocycles. The van der Waals surface area contributed by atoms with Crippen LogP contribution in [0.15, 0.2) is 29.3 Å². The Labute approximate surface area is 100 Å². The summed E-state index contributed by atoms with van der Waals surface area (Å²) in [5, 5.41) is 8.95. The van der Waals surface area contributed by atoms with E-state index < -0.39 is 5.97 Å². The number of carboxylic acids is 1. The topological polar surface area (TPSA) is 46.5 Å². The SMILES string of the molecule is C=CCOc1cc(Br)cc(C(=O)O)c1Cl. The number of benzene rings is 1. The Bertz CT molecular complexity index is 404. The first kappa shape index (κ1) is 12.1. The first-order valence-corrected chi connectivity index (χ1v) is 5.19. The van der Waals surface area contributed by atoms with Crippen LogP contribution in [0.25, 0.3) is 0 Å². The Morgan fingerprint density at radius 2 is 2.33 bits per heavy atom. The van der Waals surface area contributed by atoms with Gasteiger partial charge in [-0.2, -0.15) is 0 Å². The predicted molar refractivity (Wildman–Crippen MR) is 61.8 cm³/mol. The standard InChI is InChI=1S/C10H8BrClO3/c1-2-3-15-8-5-6(11)4-7(9(8)12)10(13)14/h2,4-5H,1,3H2,(H,13,14). The Balaban J connectivity index is 3.15. The van der Waals surface area contributed by atoms with Crippen molar-refractivity contribution in [3.8, 4) is 5.75 Å². The molecule has 0 saturated heterocycles. The lowest BCUT2D eigenvalue weighted by Crippen LogP contribution is -2.01. The second kappa shape index (κ2) is 5.19. The van der Waals surface area contributed by atoms with E-state index in [9.17, 15) is 4.79 Å². The normalized spacial score (nSPS) is 9.73. The van der Waals surface area contributed by atoms with Crippen LogP contribution in [-0.4, -0.2) is 17.7 Å². The third-order valence-electron chi connectivity index (χ3n) is 1.59. The highest BCUT2D eigenvalue weighted by atomic mass is 79.9. The Hall–Kier alpha value is -1.00. The van der Waals surface area contributed by atoms with Crippen molar-refractivity contribution < 1.29 is 14.6 Å². The van der Waals surface area contributed by atoms with E-state index >= 15 is 0 Å². The molecule has 0 fully saturated rings. The fourth-order valence-corrected chi connectivity index (χ4v) is 1.65. The second-order valence-corrected chi connectivity index (χ2v) is 3.96. The van der Waals surface area contributed by atoms with Gasteiger partial charge in [0.25, 0.3) is 0 Å². The average molecular weight is 292 g/mol. The number of rotatable bonds is 4. The van der Waals surface area contributed by atoms with Crippen molar-refractivity contribution in [2.24, 2.45) is 0 Å². The number of halogens is 2. The molecule has 3 nitrogen and oxygen atoms in total. The van der Waals surface area contributed by atoms with Crippen LogP contribution in [0.2, 0.25) is 5.02 Å². The Kier molecular flexibility index (Phi) is 4.17. The van der Waals surface area contributed by atoms with Crippen molar-refractivity contribution in [2.75, 3.05) is 6.61 Å². The molecule has 0 aliphatic rings. The minimum atomic E-state index is -1.09. The number of carboxylic acid groups (broad SMARTS) is 1. The van der Waals surface area contributed by atoms with Gasteiger partial charge in [0.2, 0.25) is 0 Å². The summed E-state index contributed by atoms with van der Waals surface area (Å²) in [4.78, 5) is 10.8. The molecule has 1 rings (SSSR count). The van der Waals surface area contributed by atoms with Crippen LogP contribution in [0, 0.1) is 0 Å². The minimum Gasteiger partial charge on any atom is -0.488 e. The highest BCUT2D eigenvalue weighted by Crippen LogP contribution is 2.32. The van der Waals surface area contributed by atoms with Crippen LogP contribution < -0.4 is 4.74 Å². The van der Waals surface area contributed by atoms with Gasteiger partial charge < -0.3 is 9.84 Å². The molecule has 80 valence electrons. The number of hydrogen-bond acceptors (Lipinski definition) is 2. The molecule has 0 heterocycles. The van der Waals surface area contributed by atoms with Crippen molar-refractivity contribution in [3.63, 3.8) is 0 Å². The molecular formula is C10H8BrClO3. The summed E-state index contributed by atoms with van der Waals surface area (Å²) in [5.41, 5.74) is 0.00473. The highest BCUT2D eigenvalue weighted by Gasteiger charge is 2.14. The molecule has 0 spiro atoms. The molecule has 0 saturated carbocycles. The Morgan fingerprint density at radius 3 is 2.87 bits per heavy atom. The van der Waals surface area contributed by atoms with Gasteiger partial charge >= 0.3 is 5.97 Å². The highest BCUT2D eigenvalue weighted by molar-refractivity contribution is 9.10.